The number of rotatable bonds is 6. The van der Waals surface area contributed by atoms with Crippen molar-refractivity contribution in [2.24, 2.45) is 0 Å². The first kappa shape index (κ1) is 23.2. The minimum atomic E-state index is -0.274. The molecule has 0 aliphatic heterocycles. The van der Waals surface area contributed by atoms with Crippen LogP contribution in [-0.4, -0.2) is 18.9 Å². The fourth-order valence-electron chi connectivity index (χ4n) is 3.48. The van der Waals surface area contributed by atoms with Crippen LogP contribution >= 0.6 is 11.3 Å². The van der Waals surface area contributed by atoms with E-state index in [1.807, 2.05) is 49.4 Å². The molecule has 5 nitrogen and oxygen atoms in total. The number of methoxy groups -OCH3 is 1. The Bertz CT molecular complexity index is 1410. The van der Waals surface area contributed by atoms with E-state index in [2.05, 4.69) is 0 Å². The standard InChI is InChI=1S/C27H23FN2O3S/c1-16-14-19(28)7-11-22(16)27-26(23-12-10-21(31-3)15-24(23)34-27)33-20-8-4-18(5-9-20)6-13-25(30)32-17(2)29/h4-15,29-30H,1-3H3/b13-6+,29-17?,30-25?. The molecule has 2 N–H and O–H groups in total. The molecular weight excluding hydrogens is 451 g/mol. The van der Waals surface area contributed by atoms with Crippen molar-refractivity contribution < 1.29 is 18.6 Å². The zero-order chi connectivity index (χ0) is 24.2. The highest BCUT2D eigenvalue weighted by atomic mass is 32.1. The van der Waals surface area contributed by atoms with Crippen molar-refractivity contribution in [3.63, 3.8) is 0 Å². The Kier molecular flexibility index (Phi) is 6.75. The maximum absolute atomic E-state index is 13.7. The third kappa shape index (κ3) is 5.15. The molecule has 3 aromatic carbocycles. The molecule has 0 radical (unpaired) electrons. The highest BCUT2D eigenvalue weighted by Crippen LogP contribution is 2.48. The topological polar surface area (TPSA) is 75.4 Å². The van der Waals surface area contributed by atoms with E-state index in [1.54, 1.807) is 30.6 Å². The quantitative estimate of drug-likeness (QED) is 0.221. The molecule has 34 heavy (non-hydrogen) atoms. The van der Waals surface area contributed by atoms with Crippen LogP contribution < -0.4 is 9.47 Å². The van der Waals surface area contributed by atoms with Gasteiger partial charge in [0, 0.05) is 23.1 Å². The van der Waals surface area contributed by atoms with Crippen molar-refractivity contribution in [2.75, 3.05) is 7.11 Å². The van der Waals surface area contributed by atoms with Gasteiger partial charge in [-0.1, -0.05) is 18.2 Å². The number of hydrogen-bond donors (Lipinski definition) is 2. The summed E-state index contributed by atoms with van der Waals surface area (Å²) >= 11 is 1.57. The fourth-order valence-corrected chi connectivity index (χ4v) is 4.73. The van der Waals surface area contributed by atoms with Gasteiger partial charge in [-0.15, -0.1) is 11.3 Å². The first-order valence-electron chi connectivity index (χ1n) is 10.5. The molecule has 4 rings (SSSR count). The normalized spacial score (nSPS) is 11.1. The van der Waals surface area contributed by atoms with Crippen LogP contribution in [0.15, 0.2) is 66.7 Å². The molecule has 0 unspecified atom stereocenters. The van der Waals surface area contributed by atoms with Crippen LogP contribution in [0.3, 0.4) is 0 Å². The largest absolute Gasteiger partial charge is 0.497 e. The third-order valence-electron chi connectivity index (χ3n) is 5.07. The van der Waals surface area contributed by atoms with Crippen LogP contribution in [0.2, 0.25) is 0 Å². The lowest BCUT2D eigenvalue weighted by atomic mass is 10.1. The highest BCUT2D eigenvalue weighted by molar-refractivity contribution is 7.22. The Morgan fingerprint density at radius 3 is 2.38 bits per heavy atom. The molecule has 0 atom stereocenters. The monoisotopic (exact) mass is 474 g/mol. The van der Waals surface area contributed by atoms with Crippen LogP contribution in [-0.2, 0) is 4.74 Å². The maximum atomic E-state index is 13.7. The molecular formula is C27H23FN2O3S. The Labute approximate surface area is 201 Å². The summed E-state index contributed by atoms with van der Waals surface area (Å²) in [5.74, 6) is 1.70. The zero-order valence-corrected chi connectivity index (χ0v) is 19.8. The summed E-state index contributed by atoms with van der Waals surface area (Å²) in [7, 11) is 1.63. The van der Waals surface area contributed by atoms with E-state index in [4.69, 9.17) is 25.0 Å². The summed E-state index contributed by atoms with van der Waals surface area (Å²) in [6.45, 7) is 3.36. The predicted molar refractivity (Wildman–Crippen MR) is 136 cm³/mol. The lowest BCUT2D eigenvalue weighted by Gasteiger charge is -2.10. The Hall–Kier alpha value is -3.97. The summed E-state index contributed by atoms with van der Waals surface area (Å²) in [5.41, 5.74) is 2.60. The lowest BCUT2D eigenvalue weighted by molar-refractivity contribution is 0.415. The van der Waals surface area contributed by atoms with Crippen LogP contribution in [0.4, 0.5) is 4.39 Å². The number of thiophene rings is 1. The second-order valence-electron chi connectivity index (χ2n) is 7.61. The Morgan fingerprint density at radius 1 is 0.971 bits per heavy atom. The van der Waals surface area contributed by atoms with E-state index in [1.165, 1.54) is 25.1 Å². The molecule has 7 heteroatoms. The van der Waals surface area contributed by atoms with Gasteiger partial charge in [0.05, 0.1) is 12.0 Å². The average Bonchev–Trinajstić information content (AvgIpc) is 3.15. The molecule has 4 aromatic rings. The predicted octanol–water partition coefficient (Wildman–Crippen LogP) is 7.82. The molecule has 1 aromatic heterocycles. The van der Waals surface area contributed by atoms with Crippen molar-refractivity contribution >= 4 is 39.3 Å². The number of fused-ring (bicyclic) bond motifs is 1. The zero-order valence-electron chi connectivity index (χ0n) is 18.9. The summed E-state index contributed by atoms with van der Waals surface area (Å²) < 4.78 is 31.4. The smallest absolute Gasteiger partial charge is 0.213 e. The molecule has 0 saturated heterocycles. The third-order valence-corrected chi connectivity index (χ3v) is 6.24. The summed E-state index contributed by atoms with van der Waals surface area (Å²) in [6, 6.07) is 18.0. The SMILES string of the molecule is COc1ccc2c(Oc3ccc(/C=C/C(=N)OC(C)=N)cc3)c(-c3ccc(F)cc3C)sc2c1. The molecule has 172 valence electrons. The van der Waals surface area contributed by atoms with E-state index in [9.17, 15) is 4.39 Å². The molecule has 0 aliphatic rings. The Morgan fingerprint density at radius 2 is 1.71 bits per heavy atom. The van der Waals surface area contributed by atoms with Gasteiger partial charge >= 0.3 is 0 Å². The minimum Gasteiger partial charge on any atom is -0.497 e. The second-order valence-corrected chi connectivity index (χ2v) is 8.66. The molecule has 0 spiro atoms. The average molecular weight is 475 g/mol. The number of nitrogens with one attached hydrogen (secondary N) is 2. The van der Waals surface area contributed by atoms with E-state index in [0.717, 1.165) is 37.4 Å². The van der Waals surface area contributed by atoms with Crippen LogP contribution in [0.1, 0.15) is 18.1 Å². The molecule has 1 heterocycles. The van der Waals surface area contributed by atoms with E-state index >= 15 is 0 Å². The molecule has 0 amide bonds. The van der Waals surface area contributed by atoms with Gasteiger partial charge in [-0.3, -0.25) is 10.8 Å². The van der Waals surface area contributed by atoms with Crippen molar-refractivity contribution in [1.29, 1.82) is 10.8 Å². The van der Waals surface area contributed by atoms with Gasteiger partial charge in [-0.05, 0) is 72.2 Å². The first-order chi connectivity index (χ1) is 16.3. The number of benzene rings is 3. The first-order valence-corrected chi connectivity index (χ1v) is 11.3. The van der Waals surface area contributed by atoms with Crippen LogP contribution in [0, 0.1) is 23.6 Å². The second kappa shape index (κ2) is 9.89. The highest BCUT2D eigenvalue weighted by Gasteiger charge is 2.18. The van der Waals surface area contributed by atoms with Gasteiger partial charge < -0.3 is 14.2 Å². The van der Waals surface area contributed by atoms with Gasteiger partial charge in [0.2, 0.25) is 5.90 Å². The van der Waals surface area contributed by atoms with Crippen molar-refractivity contribution in [1.82, 2.24) is 0 Å². The van der Waals surface area contributed by atoms with Gasteiger partial charge in [-0.2, -0.15) is 0 Å². The lowest BCUT2D eigenvalue weighted by Crippen LogP contribution is -2.03. The molecule has 0 aliphatic carbocycles. The van der Waals surface area contributed by atoms with Crippen molar-refractivity contribution in [3.05, 3.63) is 83.7 Å². The van der Waals surface area contributed by atoms with Crippen molar-refractivity contribution in [3.8, 4) is 27.7 Å². The van der Waals surface area contributed by atoms with Gasteiger partial charge in [-0.25, -0.2) is 4.39 Å². The van der Waals surface area contributed by atoms with Crippen LogP contribution in [0.25, 0.3) is 26.6 Å². The number of hydrogen-bond acceptors (Lipinski definition) is 6. The number of ether oxygens (including phenoxy) is 3. The summed E-state index contributed by atoms with van der Waals surface area (Å²) in [4.78, 5) is 0.914. The van der Waals surface area contributed by atoms with E-state index < -0.39 is 0 Å². The van der Waals surface area contributed by atoms with Gasteiger partial charge in [0.25, 0.3) is 0 Å². The fraction of sp³-hybridized carbons (Fsp3) is 0.111. The number of aryl methyl sites for hydroxylation is 1. The molecule has 0 fully saturated rings. The minimum absolute atomic E-state index is 0.0359. The van der Waals surface area contributed by atoms with Gasteiger partial charge in [0.1, 0.15) is 17.3 Å². The van der Waals surface area contributed by atoms with Crippen molar-refractivity contribution in [2.45, 2.75) is 13.8 Å². The Balaban J connectivity index is 1.69. The van der Waals surface area contributed by atoms with Crippen LogP contribution in [0.5, 0.6) is 17.2 Å². The van der Waals surface area contributed by atoms with Gasteiger partial charge in [0.15, 0.2) is 11.6 Å². The molecule has 0 bridgehead atoms. The molecule has 0 saturated carbocycles. The maximum Gasteiger partial charge on any atom is 0.213 e. The van der Waals surface area contributed by atoms with E-state index in [-0.39, 0.29) is 17.6 Å². The summed E-state index contributed by atoms with van der Waals surface area (Å²) in [5, 5.41) is 15.9. The van der Waals surface area contributed by atoms with E-state index in [0.29, 0.717) is 11.5 Å². The number of halogens is 1. The summed E-state index contributed by atoms with van der Waals surface area (Å²) in [6.07, 6.45) is 3.22.